The number of anilines is 1. The average molecular weight is 282 g/mol. The summed E-state index contributed by atoms with van der Waals surface area (Å²) in [5.41, 5.74) is 5.30. The van der Waals surface area contributed by atoms with Crippen LogP contribution in [0.1, 0.15) is 28.0 Å². The Morgan fingerprint density at radius 1 is 1.19 bits per heavy atom. The summed E-state index contributed by atoms with van der Waals surface area (Å²) < 4.78 is 0. The van der Waals surface area contributed by atoms with Crippen molar-refractivity contribution in [1.29, 1.82) is 0 Å². The van der Waals surface area contributed by atoms with Gasteiger partial charge in [-0.05, 0) is 36.6 Å². The Labute approximate surface area is 123 Å². The summed E-state index contributed by atoms with van der Waals surface area (Å²) in [5.74, 6) is 6.06. The first-order valence-corrected chi connectivity index (χ1v) is 7.07. The lowest BCUT2D eigenvalue weighted by Crippen LogP contribution is -2.30. The van der Waals surface area contributed by atoms with Gasteiger partial charge < -0.3 is 10.3 Å². The molecule has 0 radical (unpaired) electrons. The van der Waals surface area contributed by atoms with E-state index in [4.69, 9.17) is 5.84 Å². The van der Waals surface area contributed by atoms with Gasteiger partial charge in [0.1, 0.15) is 5.82 Å². The molecule has 0 unspecified atom stereocenters. The highest BCUT2D eigenvalue weighted by Crippen LogP contribution is 2.20. The first-order chi connectivity index (χ1) is 10.3. The standard InChI is InChI=1S/C16H18N4O/c17-19-15-9-3-7-13(18-15)11-20-10-4-6-12-5-1-2-8-14(12)16(20)21/h1-3,5,7-9H,4,6,10-11,17H2,(H,18,19). The number of amides is 1. The molecule has 5 nitrogen and oxygen atoms in total. The maximum absolute atomic E-state index is 12.7. The quantitative estimate of drug-likeness (QED) is 0.667. The number of hydrogen-bond donors (Lipinski definition) is 2. The molecule has 0 saturated carbocycles. The van der Waals surface area contributed by atoms with Crippen LogP contribution in [-0.2, 0) is 13.0 Å². The number of fused-ring (bicyclic) bond motifs is 1. The van der Waals surface area contributed by atoms with Crippen molar-refractivity contribution in [3.05, 3.63) is 59.3 Å². The monoisotopic (exact) mass is 282 g/mol. The molecule has 3 rings (SSSR count). The minimum Gasteiger partial charge on any atom is -0.333 e. The molecule has 1 aromatic carbocycles. The number of hydrazine groups is 1. The molecule has 5 heteroatoms. The molecule has 0 spiro atoms. The van der Waals surface area contributed by atoms with Gasteiger partial charge in [0.2, 0.25) is 0 Å². The number of nitrogens with one attached hydrogen (secondary N) is 1. The van der Waals surface area contributed by atoms with E-state index in [1.807, 2.05) is 41.3 Å². The van der Waals surface area contributed by atoms with E-state index >= 15 is 0 Å². The normalized spacial score (nSPS) is 14.5. The van der Waals surface area contributed by atoms with Crippen molar-refractivity contribution in [3.8, 4) is 0 Å². The van der Waals surface area contributed by atoms with E-state index in [1.54, 1.807) is 6.07 Å². The summed E-state index contributed by atoms with van der Waals surface area (Å²) in [6, 6.07) is 13.4. The van der Waals surface area contributed by atoms with E-state index in [9.17, 15) is 4.79 Å². The zero-order chi connectivity index (χ0) is 14.7. The molecule has 3 N–H and O–H groups in total. The van der Waals surface area contributed by atoms with Crippen LogP contribution >= 0.6 is 0 Å². The van der Waals surface area contributed by atoms with E-state index in [0.717, 1.165) is 36.2 Å². The van der Waals surface area contributed by atoms with E-state index in [1.165, 1.54) is 0 Å². The second-order valence-electron chi connectivity index (χ2n) is 5.15. The molecule has 2 heterocycles. The van der Waals surface area contributed by atoms with Crippen molar-refractivity contribution in [2.45, 2.75) is 19.4 Å². The zero-order valence-corrected chi connectivity index (χ0v) is 11.7. The van der Waals surface area contributed by atoms with Crippen LogP contribution in [0.15, 0.2) is 42.5 Å². The second-order valence-corrected chi connectivity index (χ2v) is 5.15. The van der Waals surface area contributed by atoms with Crippen LogP contribution in [0.5, 0.6) is 0 Å². The Morgan fingerprint density at radius 3 is 2.90 bits per heavy atom. The predicted octanol–water partition coefficient (Wildman–Crippen LogP) is 1.96. The zero-order valence-electron chi connectivity index (χ0n) is 11.7. The second kappa shape index (κ2) is 5.93. The maximum atomic E-state index is 12.7. The van der Waals surface area contributed by atoms with Gasteiger partial charge in [-0.25, -0.2) is 10.8 Å². The Morgan fingerprint density at radius 2 is 2.05 bits per heavy atom. The summed E-state index contributed by atoms with van der Waals surface area (Å²) >= 11 is 0. The van der Waals surface area contributed by atoms with Crippen molar-refractivity contribution < 1.29 is 4.79 Å². The number of nitrogens with two attached hydrogens (primary N) is 1. The highest BCUT2D eigenvalue weighted by molar-refractivity contribution is 5.96. The molecular weight excluding hydrogens is 264 g/mol. The fourth-order valence-corrected chi connectivity index (χ4v) is 2.67. The highest BCUT2D eigenvalue weighted by atomic mass is 16.2. The lowest BCUT2D eigenvalue weighted by Gasteiger charge is -2.20. The van der Waals surface area contributed by atoms with Crippen molar-refractivity contribution in [2.24, 2.45) is 5.84 Å². The van der Waals surface area contributed by atoms with Gasteiger partial charge in [-0.1, -0.05) is 24.3 Å². The number of benzene rings is 1. The van der Waals surface area contributed by atoms with E-state index in [2.05, 4.69) is 10.4 Å². The summed E-state index contributed by atoms with van der Waals surface area (Å²) in [5, 5.41) is 0. The van der Waals surface area contributed by atoms with Gasteiger partial charge in [0.25, 0.3) is 5.91 Å². The van der Waals surface area contributed by atoms with Gasteiger partial charge in [-0.2, -0.15) is 0 Å². The topological polar surface area (TPSA) is 71.2 Å². The number of nitrogens with zero attached hydrogens (tertiary/aromatic N) is 2. The van der Waals surface area contributed by atoms with Gasteiger partial charge in [0, 0.05) is 12.1 Å². The van der Waals surface area contributed by atoms with Crippen LogP contribution in [0.3, 0.4) is 0 Å². The molecule has 0 saturated heterocycles. The van der Waals surface area contributed by atoms with E-state index in [0.29, 0.717) is 12.4 Å². The number of hydrogen-bond acceptors (Lipinski definition) is 4. The van der Waals surface area contributed by atoms with Gasteiger partial charge in [0.05, 0.1) is 12.2 Å². The third-order valence-electron chi connectivity index (χ3n) is 3.72. The van der Waals surface area contributed by atoms with Crippen molar-refractivity contribution in [3.63, 3.8) is 0 Å². The van der Waals surface area contributed by atoms with E-state index < -0.39 is 0 Å². The molecule has 1 amide bonds. The van der Waals surface area contributed by atoms with Gasteiger partial charge >= 0.3 is 0 Å². The third kappa shape index (κ3) is 2.87. The molecule has 0 atom stereocenters. The van der Waals surface area contributed by atoms with Crippen molar-refractivity contribution in [1.82, 2.24) is 9.88 Å². The molecule has 1 aliphatic heterocycles. The maximum Gasteiger partial charge on any atom is 0.254 e. The molecule has 0 aliphatic carbocycles. The molecule has 0 bridgehead atoms. The first-order valence-electron chi connectivity index (χ1n) is 7.07. The van der Waals surface area contributed by atoms with Gasteiger partial charge in [-0.3, -0.25) is 4.79 Å². The number of carbonyl (C=O) groups is 1. The van der Waals surface area contributed by atoms with Crippen LogP contribution in [-0.4, -0.2) is 22.3 Å². The Kier molecular flexibility index (Phi) is 3.83. The summed E-state index contributed by atoms with van der Waals surface area (Å²) in [4.78, 5) is 18.9. The SMILES string of the molecule is NNc1cccc(CN2CCCc3ccccc3C2=O)n1. The molecule has 2 aromatic rings. The number of aryl methyl sites for hydroxylation is 1. The summed E-state index contributed by atoms with van der Waals surface area (Å²) in [6.07, 6.45) is 1.91. The Bertz CT molecular complexity index is 656. The van der Waals surface area contributed by atoms with Crippen LogP contribution in [0.2, 0.25) is 0 Å². The van der Waals surface area contributed by atoms with Gasteiger partial charge in [0.15, 0.2) is 0 Å². The molecule has 108 valence electrons. The van der Waals surface area contributed by atoms with Crippen molar-refractivity contribution >= 4 is 11.7 Å². The predicted molar refractivity (Wildman–Crippen MR) is 81.6 cm³/mol. The fourth-order valence-electron chi connectivity index (χ4n) is 2.67. The van der Waals surface area contributed by atoms with Crippen LogP contribution in [0.25, 0.3) is 0 Å². The van der Waals surface area contributed by atoms with Crippen LogP contribution in [0.4, 0.5) is 5.82 Å². The van der Waals surface area contributed by atoms with Gasteiger partial charge in [-0.15, -0.1) is 0 Å². The smallest absolute Gasteiger partial charge is 0.254 e. The third-order valence-corrected chi connectivity index (χ3v) is 3.72. The molecule has 1 aliphatic rings. The first kappa shape index (κ1) is 13.6. The summed E-state index contributed by atoms with van der Waals surface area (Å²) in [6.45, 7) is 1.25. The minimum atomic E-state index is 0.0796. The minimum absolute atomic E-state index is 0.0796. The highest BCUT2D eigenvalue weighted by Gasteiger charge is 2.22. The van der Waals surface area contributed by atoms with Crippen molar-refractivity contribution in [2.75, 3.05) is 12.0 Å². The molecule has 21 heavy (non-hydrogen) atoms. The average Bonchev–Trinajstić information content (AvgIpc) is 2.68. The van der Waals surface area contributed by atoms with Crippen LogP contribution in [0, 0.1) is 0 Å². The number of rotatable bonds is 3. The molecule has 0 fully saturated rings. The fraction of sp³-hybridized carbons (Fsp3) is 0.250. The number of aromatic nitrogens is 1. The summed E-state index contributed by atoms with van der Waals surface area (Å²) in [7, 11) is 0. The number of pyridine rings is 1. The largest absolute Gasteiger partial charge is 0.333 e. The number of carbonyl (C=O) groups excluding carboxylic acids is 1. The Balaban J connectivity index is 1.84. The molecule has 1 aromatic heterocycles. The lowest BCUT2D eigenvalue weighted by molar-refractivity contribution is 0.0747. The Hall–Kier alpha value is -2.40. The molecular formula is C16H18N4O. The van der Waals surface area contributed by atoms with Crippen LogP contribution < -0.4 is 11.3 Å². The lowest BCUT2D eigenvalue weighted by atomic mass is 10.0. The number of nitrogen functional groups attached to an aromatic ring is 1. The van der Waals surface area contributed by atoms with E-state index in [-0.39, 0.29) is 5.91 Å².